The van der Waals surface area contributed by atoms with Gasteiger partial charge in [-0.3, -0.25) is 0 Å². The summed E-state index contributed by atoms with van der Waals surface area (Å²) in [5.41, 5.74) is 3.32. The summed E-state index contributed by atoms with van der Waals surface area (Å²) in [5, 5.41) is 6.73. The van der Waals surface area contributed by atoms with E-state index >= 15 is 0 Å². The Balaban J connectivity index is 2.08. The van der Waals surface area contributed by atoms with E-state index in [2.05, 4.69) is 43.7 Å². The molecule has 4 heteroatoms. The molecule has 1 aromatic carbocycles. The first-order valence-corrected chi connectivity index (χ1v) is 5.86. The standard InChI is InChI=1S/C12H10BrN3/c13-9-3-4-10-11(6-9)15-7-8-2-1-5-14-12(8)16-10/h1-6,15H,7H2,(H,14,16). The van der Waals surface area contributed by atoms with Gasteiger partial charge in [-0.15, -0.1) is 0 Å². The van der Waals surface area contributed by atoms with Gasteiger partial charge in [0, 0.05) is 22.8 Å². The van der Waals surface area contributed by atoms with Gasteiger partial charge < -0.3 is 10.6 Å². The van der Waals surface area contributed by atoms with Crippen LogP contribution in [0.5, 0.6) is 0 Å². The van der Waals surface area contributed by atoms with E-state index in [4.69, 9.17) is 0 Å². The highest BCUT2D eigenvalue weighted by molar-refractivity contribution is 9.10. The second kappa shape index (κ2) is 3.79. The van der Waals surface area contributed by atoms with Crippen molar-refractivity contribution >= 4 is 33.1 Å². The number of benzene rings is 1. The van der Waals surface area contributed by atoms with E-state index in [1.54, 1.807) is 6.20 Å². The average Bonchev–Trinajstić information content (AvgIpc) is 2.48. The van der Waals surface area contributed by atoms with Crippen molar-refractivity contribution in [2.75, 3.05) is 10.6 Å². The maximum atomic E-state index is 4.34. The lowest BCUT2D eigenvalue weighted by molar-refractivity contribution is 1.14. The number of nitrogens with one attached hydrogen (secondary N) is 2. The van der Waals surface area contributed by atoms with Gasteiger partial charge in [0.1, 0.15) is 5.82 Å². The molecule has 0 unspecified atom stereocenters. The van der Waals surface area contributed by atoms with E-state index in [0.29, 0.717) is 0 Å². The van der Waals surface area contributed by atoms with Crippen LogP contribution in [0, 0.1) is 0 Å². The Labute approximate surface area is 102 Å². The highest BCUT2D eigenvalue weighted by Crippen LogP contribution is 2.32. The van der Waals surface area contributed by atoms with Crippen LogP contribution in [0.25, 0.3) is 0 Å². The third kappa shape index (κ3) is 1.65. The van der Waals surface area contributed by atoms with E-state index in [1.165, 1.54) is 5.56 Å². The van der Waals surface area contributed by atoms with E-state index in [0.717, 1.165) is 28.2 Å². The molecule has 0 amide bonds. The van der Waals surface area contributed by atoms with E-state index in [1.807, 2.05) is 18.2 Å². The van der Waals surface area contributed by atoms with Crippen molar-refractivity contribution in [3.63, 3.8) is 0 Å². The summed E-state index contributed by atoms with van der Waals surface area (Å²) >= 11 is 3.47. The van der Waals surface area contributed by atoms with Crippen molar-refractivity contribution in [1.82, 2.24) is 4.98 Å². The van der Waals surface area contributed by atoms with Crippen LogP contribution in [-0.4, -0.2) is 4.98 Å². The normalized spacial score (nSPS) is 12.8. The molecular weight excluding hydrogens is 266 g/mol. The summed E-state index contributed by atoms with van der Waals surface area (Å²) < 4.78 is 1.07. The first-order valence-electron chi connectivity index (χ1n) is 5.07. The highest BCUT2D eigenvalue weighted by atomic mass is 79.9. The average molecular weight is 276 g/mol. The van der Waals surface area contributed by atoms with Gasteiger partial charge in [-0.25, -0.2) is 4.98 Å². The van der Waals surface area contributed by atoms with Crippen LogP contribution in [-0.2, 0) is 6.54 Å². The Morgan fingerprint density at radius 2 is 2.12 bits per heavy atom. The van der Waals surface area contributed by atoms with Gasteiger partial charge in [0.2, 0.25) is 0 Å². The molecule has 3 rings (SSSR count). The largest absolute Gasteiger partial charge is 0.379 e. The SMILES string of the molecule is Brc1ccc2c(c1)NCc1cccnc1N2. The van der Waals surface area contributed by atoms with Gasteiger partial charge in [-0.05, 0) is 24.3 Å². The molecule has 0 aliphatic carbocycles. The van der Waals surface area contributed by atoms with Crippen LogP contribution < -0.4 is 10.6 Å². The Bertz CT molecular complexity index is 540. The maximum absolute atomic E-state index is 4.34. The molecule has 2 heterocycles. The molecule has 1 aromatic heterocycles. The van der Waals surface area contributed by atoms with Gasteiger partial charge in [-0.1, -0.05) is 22.0 Å². The van der Waals surface area contributed by atoms with Gasteiger partial charge in [0.05, 0.1) is 11.4 Å². The first kappa shape index (κ1) is 9.66. The molecule has 0 spiro atoms. The topological polar surface area (TPSA) is 37.0 Å². The Morgan fingerprint density at radius 3 is 3.06 bits per heavy atom. The summed E-state index contributed by atoms with van der Waals surface area (Å²) in [7, 11) is 0. The summed E-state index contributed by atoms with van der Waals surface area (Å²) in [6.45, 7) is 0.791. The van der Waals surface area contributed by atoms with Crippen LogP contribution in [0.3, 0.4) is 0 Å². The summed E-state index contributed by atoms with van der Waals surface area (Å²) in [6.07, 6.45) is 1.80. The van der Waals surface area contributed by atoms with Crippen molar-refractivity contribution in [1.29, 1.82) is 0 Å². The summed E-state index contributed by atoms with van der Waals surface area (Å²) in [4.78, 5) is 4.34. The Morgan fingerprint density at radius 1 is 1.19 bits per heavy atom. The van der Waals surface area contributed by atoms with E-state index < -0.39 is 0 Å². The van der Waals surface area contributed by atoms with Crippen LogP contribution >= 0.6 is 15.9 Å². The minimum absolute atomic E-state index is 0.791. The second-order valence-electron chi connectivity index (χ2n) is 3.68. The molecule has 0 saturated heterocycles. The fourth-order valence-electron chi connectivity index (χ4n) is 1.78. The number of halogens is 1. The zero-order valence-corrected chi connectivity index (χ0v) is 10.1. The van der Waals surface area contributed by atoms with Gasteiger partial charge in [-0.2, -0.15) is 0 Å². The molecule has 80 valence electrons. The Hall–Kier alpha value is -1.55. The fraction of sp³-hybridized carbons (Fsp3) is 0.0833. The third-order valence-corrected chi connectivity index (χ3v) is 3.09. The zero-order valence-electron chi connectivity index (χ0n) is 8.50. The minimum atomic E-state index is 0.791. The number of hydrogen-bond donors (Lipinski definition) is 2. The number of aromatic nitrogens is 1. The highest BCUT2D eigenvalue weighted by Gasteiger charge is 2.12. The second-order valence-corrected chi connectivity index (χ2v) is 4.60. The van der Waals surface area contributed by atoms with E-state index in [-0.39, 0.29) is 0 Å². The minimum Gasteiger partial charge on any atom is -0.379 e. The zero-order chi connectivity index (χ0) is 11.0. The molecule has 0 saturated carbocycles. The monoisotopic (exact) mass is 275 g/mol. The van der Waals surface area contributed by atoms with Gasteiger partial charge in [0.25, 0.3) is 0 Å². The van der Waals surface area contributed by atoms with Crippen LogP contribution in [0.15, 0.2) is 41.0 Å². The van der Waals surface area contributed by atoms with E-state index in [9.17, 15) is 0 Å². The molecule has 2 aromatic rings. The smallest absolute Gasteiger partial charge is 0.135 e. The van der Waals surface area contributed by atoms with Crippen molar-refractivity contribution in [3.05, 3.63) is 46.6 Å². The molecule has 0 bridgehead atoms. The predicted molar refractivity (Wildman–Crippen MR) is 69.0 cm³/mol. The number of rotatable bonds is 0. The van der Waals surface area contributed by atoms with Crippen molar-refractivity contribution in [2.45, 2.75) is 6.54 Å². The Kier molecular flexibility index (Phi) is 2.29. The number of pyridine rings is 1. The molecule has 0 atom stereocenters. The first-order chi connectivity index (χ1) is 7.83. The molecule has 2 N–H and O–H groups in total. The fourth-order valence-corrected chi connectivity index (χ4v) is 2.14. The lowest BCUT2D eigenvalue weighted by Gasteiger charge is -2.08. The summed E-state index contributed by atoms with van der Waals surface area (Å²) in [6, 6.07) is 10.1. The molecule has 1 aliphatic heterocycles. The molecule has 1 aliphatic rings. The van der Waals surface area contributed by atoms with Crippen molar-refractivity contribution < 1.29 is 0 Å². The number of nitrogens with zero attached hydrogens (tertiary/aromatic N) is 1. The number of anilines is 3. The molecule has 0 radical (unpaired) electrons. The van der Waals surface area contributed by atoms with Crippen molar-refractivity contribution in [3.8, 4) is 0 Å². The quantitative estimate of drug-likeness (QED) is 0.773. The van der Waals surface area contributed by atoms with Gasteiger partial charge >= 0.3 is 0 Å². The third-order valence-electron chi connectivity index (χ3n) is 2.60. The molecular formula is C12H10BrN3. The maximum Gasteiger partial charge on any atom is 0.135 e. The molecule has 3 nitrogen and oxygen atoms in total. The van der Waals surface area contributed by atoms with Crippen LogP contribution in [0.2, 0.25) is 0 Å². The molecule has 0 fully saturated rings. The van der Waals surface area contributed by atoms with Crippen LogP contribution in [0.1, 0.15) is 5.56 Å². The molecule has 16 heavy (non-hydrogen) atoms. The lowest BCUT2D eigenvalue weighted by Crippen LogP contribution is -1.97. The van der Waals surface area contributed by atoms with Crippen LogP contribution in [0.4, 0.5) is 17.2 Å². The van der Waals surface area contributed by atoms with Crippen molar-refractivity contribution in [2.24, 2.45) is 0 Å². The summed E-state index contributed by atoms with van der Waals surface area (Å²) in [5.74, 6) is 0.927. The van der Waals surface area contributed by atoms with Gasteiger partial charge in [0.15, 0.2) is 0 Å². The lowest BCUT2D eigenvalue weighted by atomic mass is 10.2. The number of fused-ring (bicyclic) bond motifs is 2. The number of hydrogen-bond acceptors (Lipinski definition) is 3. The predicted octanol–water partition coefficient (Wildman–Crippen LogP) is 3.51.